The molecule has 0 fully saturated rings. The van der Waals surface area contributed by atoms with Gasteiger partial charge in [0.25, 0.3) is 0 Å². The van der Waals surface area contributed by atoms with Crippen molar-refractivity contribution < 1.29 is 4.57 Å². The Balaban J connectivity index is 2.14. The van der Waals surface area contributed by atoms with E-state index < -0.39 is 0 Å². The molecule has 3 nitrogen and oxygen atoms in total. The van der Waals surface area contributed by atoms with Gasteiger partial charge in [0.15, 0.2) is 6.20 Å². The average Bonchev–Trinajstić information content (AvgIpc) is 2.38. The van der Waals surface area contributed by atoms with E-state index in [0.29, 0.717) is 0 Å². The maximum Gasteiger partial charge on any atom is 0.228 e. The normalized spacial score (nSPS) is 11.4. The molecule has 92 valence electrons. The second-order valence-electron chi connectivity index (χ2n) is 4.01. The van der Waals surface area contributed by atoms with Gasteiger partial charge in [-0.2, -0.15) is 9.67 Å². The van der Waals surface area contributed by atoms with Crippen LogP contribution in [0.25, 0.3) is 0 Å². The Morgan fingerprint density at radius 3 is 2.56 bits per heavy atom. The van der Waals surface area contributed by atoms with E-state index in [1.807, 2.05) is 44.4 Å². The molecule has 1 aromatic carbocycles. The molecule has 0 aliphatic heterocycles. The summed E-state index contributed by atoms with van der Waals surface area (Å²) in [6, 6.07) is 14.2. The lowest BCUT2D eigenvalue weighted by molar-refractivity contribution is -0.672. The largest absolute Gasteiger partial charge is 0.278 e. The van der Waals surface area contributed by atoms with Crippen molar-refractivity contribution in [1.82, 2.24) is 0 Å². The minimum atomic E-state index is 0.955. The molecule has 0 saturated heterocycles. The average molecular weight is 352 g/mol. The predicted molar refractivity (Wildman–Crippen MR) is 82.6 cm³/mol. The van der Waals surface area contributed by atoms with Crippen molar-refractivity contribution in [3.8, 4) is 0 Å². The van der Waals surface area contributed by atoms with Gasteiger partial charge in [0, 0.05) is 15.7 Å². The number of benzene rings is 1. The Labute approximate surface area is 121 Å². The third-order valence-corrected chi connectivity index (χ3v) is 3.34. The lowest BCUT2D eigenvalue weighted by Gasteiger charge is -2.02. The Hall–Kier alpha value is -1.43. The van der Waals surface area contributed by atoms with Crippen LogP contribution < -0.4 is 9.99 Å². The first-order chi connectivity index (χ1) is 8.66. The van der Waals surface area contributed by atoms with Gasteiger partial charge in [-0.25, -0.2) is 0 Å². The third kappa shape index (κ3) is 3.29. The molecular weight excluding hydrogens is 337 g/mol. The van der Waals surface area contributed by atoms with E-state index in [0.717, 1.165) is 17.1 Å². The Morgan fingerprint density at radius 1 is 1.17 bits per heavy atom. The maximum atomic E-state index is 4.40. The molecule has 0 aliphatic carbocycles. The number of hydrogen-bond acceptors (Lipinski definition) is 2. The van der Waals surface area contributed by atoms with E-state index in [2.05, 4.69) is 55.9 Å². The van der Waals surface area contributed by atoms with Crippen LogP contribution in [0.3, 0.4) is 0 Å². The summed E-state index contributed by atoms with van der Waals surface area (Å²) in [5.41, 5.74) is 6.11. The summed E-state index contributed by atoms with van der Waals surface area (Å²) in [5.74, 6) is 0. The summed E-state index contributed by atoms with van der Waals surface area (Å²) in [6.07, 6.45) is 2.01. The quantitative estimate of drug-likeness (QED) is 0.391. The topological polar surface area (TPSA) is 28.3 Å². The summed E-state index contributed by atoms with van der Waals surface area (Å²) in [6.45, 7) is 2.00. The number of hydrazone groups is 1. The molecule has 2 rings (SSSR count). The number of pyridine rings is 1. The summed E-state index contributed by atoms with van der Waals surface area (Å²) < 4.78 is 3.27. The van der Waals surface area contributed by atoms with Crippen LogP contribution in [0.1, 0.15) is 12.6 Å². The van der Waals surface area contributed by atoms with E-state index >= 15 is 0 Å². The minimum Gasteiger partial charge on any atom is -0.278 e. The van der Waals surface area contributed by atoms with Crippen LogP contribution in [0.5, 0.6) is 0 Å². The van der Waals surface area contributed by atoms with Crippen molar-refractivity contribution in [1.29, 1.82) is 0 Å². The zero-order valence-corrected chi connectivity index (χ0v) is 12.5. The molecule has 0 radical (unpaired) electrons. The molecule has 1 N–H and O–H groups in total. The molecule has 0 saturated carbocycles. The van der Waals surface area contributed by atoms with Crippen molar-refractivity contribution in [3.05, 3.63) is 57.9 Å². The molecule has 18 heavy (non-hydrogen) atoms. The fraction of sp³-hybridized carbons (Fsp3) is 0.143. The van der Waals surface area contributed by atoms with Crippen molar-refractivity contribution in [3.63, 3.8) is 0 Å². The fourth-order valence-corrected chi connectivity index (χ4v) is 1.99. The number of aryl methyl sites for hydroxylation is 1. The van der Waals surface area contributed by atoms with Crippen molar-refractivity contribution in [2.45, 2.75) is 6.92 Å². The second kappa shape index (κ2) is 5.95. The highest BCUT2D eigenvalue weighted by molar-refractivity contribution is 14.1. The van der Waals surface area contributed by atoms with E-state index in [1.165, 1.54) is 3.57 Å². The van der Waals surface area contributed by atoms with Crippen molar-refractivity contribution in [2.24, 2.45) is 12.1 Å². The third-order valence-electron chi connectivity index (χ3n) is 2.62. The Bertz CT molecular complexity index is 562. The molecule has 0 bridgehead atoms. The molecule has 1 heterocycles. The highest BCUT2D eigenvalue weighted by Crippen LogP contribution is 2.11. The highest BCUT2D eigenvalue weighted by Gasteiger charge is 2.07. The van der Waals surface area contributed by atoms with E-state index in [9.17, 15) is 0 Å². The zero-order chi connectivity index (χ0) is 13.0. The number of aromatic nitrogens is 1. The molecule has 2 aromatic rings. The van der Waals surface area contributed by atoms with Crippen LogP contribution in [-0.4, -0.2) is 5.71 Å². The van der Waals surface area contributed by atoms with Crippen molar-refractivity contribution >= 4 is 34.0 Å². The van der Waals surface area contributed by atoms with E-state index in [-0.39, 0.29) is 0 Å². The number of hydrogen-bond donors (Lipinski definition) is 1. The SMILES string of the molecule is C/C(=N\Nc1ccc(I)cc1)c1cccc[n+]1C. The number of halogens is 1. The van der Waals surface area contributed by atoms with Gasteiger partial charge in [-0.15, -0.1) is 0 Å². The first-order valence-electron chi connectivity index (χ1n) is 5.68. The summed E-state index contributed by atoms with van der Waals surface area (Å²) in [7, 11) is 2.01. The van der Waals surface area contributed by atoms with Gasteiger partial charge in [0.1, 0.15) is 12.8 Å². The van der Waals surface area contributed by atoms with Crippen LogP contribution in [0, 0.1) is 3.57 Å². The van der Waals surface area contributed by atoms with E-state index in [1.54, 1.807) is 0 Å². The smallest absolute Gasteiger partial charge is 0.228 e. The standard InChI is InChI=1S/C14H14IN3/c1-11(14-5-3-4-10-18(14)2)16-17-13-8-6-12(15)7-9-13/h3-10H,1-2H3/p+1. The monoisotopic (exact) mass is 352 g/mol. The summed E-state index contributed by atoms with van der Waals surface area (Å²) in [4.78, 5) is 0. The van der Waals surface area contributed by atoms with Gasteiger partial charge in [0.05, 0.1) is 5.69 Å². The van der Waals surface area contributed by atoms with Crippen molar-refractivity contribution in [2.75, 3.05) is 5.43 Å². The number of nitrogens with zero attached hydrogens (tertiary/aromatic N) is 2. The molecule has 0 aliphatic rings. The van der Waals surface area contributed by atoms with Crippen LogP contribution in [0.2, 0.25) is 0 Å². The minimum absolute atomic E-state index is 0.955. The van der Waals surface area contributed by atoms with Gasteiger partial charge in [-0.1, -0.05) is 0 Å². The van der Waals surface area contributed by atoms with Gasteiger partial charge >= 0.3 is 0 Å². The first-order valence-corrected chi connectivity index (χ1v) is 6.75. The van der Waals surface area contributed by atoms with Gasteiger partial charge in [-0.05, 0) is 59.8 Å². The van der Waals surface area contributed by atoms with Gasteiger partial charge < -0.3 is 0 Å². The molecule has 0 atom stereocenters. The Morgan fingerprint density at radius 2 is 1.89 bits per heavy atom. The fourth-order valence-electron chi connectivity index (χ4n) is 1.63. The van der Waals surface area contributed by atoms with Crippen LogP contribution in [-0.2, 0) is 7.05 Å². The molecule has 4 heteroatoms. The molecule has 0 amide bonds. The number of rotatable bonds is 3. The number of nitrogens with one attached hydrogen (secondary N) is 1. The van der Waals surface area contributed by atoms with Crippen LogP contribution in [0.4, 0.5) is 5.69 Å². The lowest BCUT2D eigenvalue weighted by atomic mass is 10.2. The first kappa shape index (κ1) is 13.0. The summed E-state index contributed by atoms with van der Waals surface area (Å²) in [5, 5.41) is 4.40. The highest BCUT2D eigenvalue weighted by atomic mass is 127. The van der Waals surface area contributed by atoms with E-state index in [4.69, 9.17) is 0 Å². The predicted octanol–water partition coefficient (Wildman–Crippen LogP) is 2.95. The number of anilines is 1. The Kier molecular flexibility index (Phi) is 4.30. The summed E-state index contributed by atoms with van der Waals surface area (Å²) >= 11 is 2.28. The van der Waals surface area contributed by atoms with Gasteiger partial charge in [-0.3, -0.25) is 5.43 Å². The maximum absolute atomic E-state index is 4.40. The zero-order valence-electron chi connectivity index (χ0n) is 10.4. The second-order valence-corrected chi connectivity index (χ2v) is 5.26. The molecule has 0 unspecified atom stereocenters. The van der Waals surface area contributed by atoms with Crippen LogP contribution in [0.15, 0.2) is 53.8 Å². The van der Waals surface area contributed by atoms with Gasteiger partial charge in [0.2, 0.25) is 5.69 Å². The van der Waals surface area contributed by atoms with Crippen LogP contribution >= 0.6 is 22.6 Å². The lowest BCUT2D eigenvalue weighted by Crippen LogP contribution is -2.35. The molecule has 1 aromatic heterocycles. The molecular formula is C14H15IN3+. The molecule has 0 spiro atoms.